The number of hydrogen-bond donors (Lipinski definition) is 1. The van der Waals surface area contributed by atoms with Gasteiger partial charge in [-0.05, 0) is 51.3 Å². The van der Waals surface area contributed by atoms with Crippen LogP contribution in [0.15, 0.2) is 24.3 Å². The summed E-state index contributed by atoms with van der Waals surface area (Å²) >= 11 is 0. The molecular weight excluding hydrogens is 292 g/mol. The van der Waals surface area contributed by atoms with E-state index in [1.54, 1.807) is 4.90 Å². The number of rotatable bonds is 5. The highest BCUT2D eigenvalue weighted by molar-refractivity contribution is 5.81. The maximum absolute atomic E-state index is 12.6. The van der Waals surface area contributed by atoms with Crippen molar-refractivity contribution in [2.75, 3.05) is 6.54 Å². The van der Waals surface area contributed by atoms with Crippen molar-refractivity contribution in [2.45, 2.75) is 52.2 Å². The molecule has 1 fully saturated rings. The Balaban J connectivity index is 2.04. The average Bonchev–Trinajstić information content (AvgIpc) is 2.46. The third-order valence-electron chi connectivity index (χ3n) is 4.23. The number of likely N-dealkylation sites (tertiary alicyclic amines) is 1. The molecule has 1 aromatic rings. The van der Waals surface area contributed by atoms with Crippen molar-refractivity contribution in [2.24, 2.45) is 11.7 Å². The normalized spacial score (nSPS) is 21.3. The third kappa shape index (κ3) is 4.71. The number of nitrogens with two attached hydrogens (primary N) is 1. The molecule has 0 bridgehead atoms. The Morgan fingerprint density at radius 1 is 1.35 bits per heavy atom. The molecule has 1 aromatic carbocycles. The summed E-state index contributed by atoms with van der Waals surface area (Å²) in [4.78, 5) is 25.8. The quantitative estimate of drug-likeness (QED) is 0.904. The van der Waals surface area contributed by atoms with E-state index in [1.807, 2.05) is 45.0 Å². The van der Waals surface area contributed by atoms with Crippen LogP contribution in [-0.4, -0.2) is 35.4 Å². The van der Waals surface area contributed by atoms with E-state index in [0.29, 0.717) is 13.0 Å². The first-order valence-electron chi connectivity index (χ1n) is 8.21. The summed E-state index contributed by atoms with van der Waals surface area (Å²) in [5.41, 5.74) is 6.32. The second-order valence-corrected chi connectivity index (χ2v) is 6.56. The SMILES string of the molecule is CC(C)Oc1cccc(CC(=O)N2C[C@@H](C(N)=O)CC[C@@H]2C)c1. The monoisotopic (exact) mass is 318 g/mol. The van der Waals surface area contributed by atoms with Crippen LogP contribution in [0.2, 0.25) is 0 Å². The Labute approximate surface area is 137 Å². The lowest BCUT2D eigenvalue weighted by atomic mass is 9.92. The number of amides is 2. The lowest BCUT2D eigenvalue weighted by Crippen LogP contribution is -2.49. The van der Waals surface area contributed by atoms with E-state index in [4.69, 9.17) is 10.5 Å². The van der Waals surface area contributed by atoms with Crippen molar-refractivity contribution in [1.29, 1.82) is 0 Å². The topological polar surface area (TPSA) is 72.6 Å². The summed E-state index contributed by atoms with van der Waals surface area (Å²) in [7, 11) is 0. The number of nitrogens with zero attached hydrogens (tertiary/aromatic N) is 1. The zero-order chi connectivity index (χ0) is 17.0. The molecule has 23 heavy (non-hydrogen) atoms. The van der Waals surface area contributed by atoms with Crippen molar-refractivity contribution >= 4 is 11.8 Å². The van der Waals surface area contributed by atoms with Crippen LogP contribution in [0.3, 0.4) is 0 Å². The minimum absolute atomic E-state index is 0.0325. The van der Waals surface area contributed by atoms with Crippen LogP contribution in [0.1, 0.15) is 39.2 Å². The molecule has 126 valence electrons. The molecule has 1 saturated heterocycles. The van der Waals surface area contributed by atoms with Crippen molar-refractivity contribution in [1.82, 2.24) is 4.90 Å². The van der Waals surface area contributed by atoms with E-state index in [-0.39, 0.29) is 29.9 Å². The molecule has 0 aromatic heterocycles. The molecule has 2 amide bonds. The molecule has 1 heterocycles. The van der Waals surface area contributed by atoms with E-state index in [0.717, 1.165) is 24.2 Å². The molecule has 5 heteroatoms. The van der Waals surface area contributed by atoms with E-state index < -0.39 is 0 Å². The minimum atomic E-state index is -0.318. The van der Waals surface area contributed by atoms with Gasteiger partial charge in [0.1, 0.15) is 5.75 Å². The van der Waals surface area contributed by atoms with Gasteiger partial charge >= 0.3 is 0 Å². The number of benzene rings is 1. The van der Waals surface area contributed by atoms with Crippen molar-refractivity contribution in [3.63, 3.8) is 0 Å². The van der Waals surface area contributed by atoms with Crippen LogP contribution in [0, 0.1) is 5.92 Å². The van der Waals surface area contributed by atoms with Gasteiger partial charge in [0.05, 0.1) is 18.4 Å². The molecule has 2 atom stereocenters. The van der Waals surface area contributed by atoms with Gasteiger partial charge in [0.2, 0.25) is 11.8 Å². The molecule has 2 N–H and O–H groups in total. The summed E-state index contributed by atoms with van der Waals surface area (Å²) in [5, 5.41) is 0. The van der Waals surface area contributed by atoms with Crippen LogP contribution in [0.4, 0.5) is 0 Å². The van der Waals surface area contributed by atoms with Crippen molar-refractivity contribution in [3.8, 4) is 5.75 Å². The van der Waals surface area contributed by atoms with Gasteiger partial charge in [-0.2, -0.15) is 0 Å². The molecule has 1 aliphatic heterocycles. The molecular formula is C18H26N2O3. The summed E-state index contributed by atoms with van der Waals surface area (Å²) in [6.45, 7) is 6.39. The van der Waals surface area contributed by atoms with Gasteiger partial charge in [-0.3, -0.25) is 9.59 Å². The van der Waals surface area contributed by atoms with Crippen molar-refractivity contribution in [3.05, 3.63) is 29.8 Å². The predicted octanol–water partition coefficient (Wildman–Crippen LogP) is 2.13. The lowest BCUT2D eigenvalue weighted by molar-refractivity contribution is -0.136. The van der Waals surface area contributed by atoms with Crippen LogP contribution in [-0.2, 0) is 16.0 Å². The second-order valence-electron chi connectivity index (χ2n) is 6.56. The maximum Gasteiger partial charge on any atom is 0.227 e. The first-order chi connectivity index (χ1) is 10.9. The van der Waals surface area contributed by atoms with E-state index in [9.17, 15) is 9.59 Å². The lowest BCUT2D eigenvalue weighted by Gasteiger charge is -2.37. The van der Waals surface area contributed by atoms with E-state index in [2.05, 4.69) is 0 Å². The highest BCUT2D eigenvalue weighted by Crippen LogP contribution is 2.23. The summed E-state index contributed by atoms with van der Waals surface area (Å²) in [6, 6.07) is 7.75. The molecule has 0 unspecified atom stereocenters. The largest absolute Gasteiger partial charge is 0.491 e. The van der Waals surface area contributed by atoms with Crippen LogP contribution < -0.4 is 10.5 Å². The fourth-order valence-electron chi connectivity index (χ4n) is 2.96. The van der Waals surface area contributed by atoms with E-state index >= 15 is 0 Å². The van der Waals surface area contributed by atoms with E-state index in [1.165, 1.54) is 0 Å². The number of ether oxygens (including phenoxy) is 1. The number of piperidine rings is 1. The smallest absolute Gasteiger partial charge is 0.227 e. The number of primary amides is 1. The Hall–Kier alpha value is -2.04. The highest BCUT2D eigenvalue weighted by atomic mass is 16.5. The van der Waals surface area contributed by atoms with Crippen molar-refractivity contribution < 1.29 is 14.3 Å². The Morgan fingerprint density at radius 2 is 2.09 bits per heavy atom. The minimum Gasteiger partial charge on any atom is -0.491 e. The first-order valence-corrected chi connectivity index (χ1v) is 8.21. The predicted molar refractivity (Wildman–Crippen MR) is 89.0 cm³/mol. The number of carbonyl (C=O) groups is 2. The van der Waals surface area contributed by atoms with Gasteiger partial charge in [0.25, 0.3) is 0 Å². The van der Waals surface area contributed by atoms with Crippen LogP contribution >= 0.6 is 0 Å². The van der Waals surface area contributed by atoms with Gasteiger partial charge in [-0.15, -0.1) is 0 Å². The van der Waals surface area contributed by atoms with Gasteiger partial charge in [0.15, 0.2) is 0 Å². The zero-order valence-corrected chi connectivity index (χ0v) is 14.1. The van der Waals surface area contributed by atoms with Crippen LogP contribution in [0.5, 0.6) is 5.75 Å². The number of carbonyl (C=O) groups excluding carboxylic acids is 2. The van der Waals surface area contributed by atoms with Gasteiger partial charge in [0, 0.05) is 12.6 Å². The maximum atomic E-state index is 12.6. The fraction of sp³-hybridized carbons (Fsp3) is 0.556. The zero-order valence-electron chi connectivity index (χ0n) is 14.1. The first kappa shape index (κ1) is 17.3. The molecule has 5 nitrogen and oxygen atoms in total. The fourth-order valence-corrected chi connectivity index (χ4v) is 2.96. The molecule has 0 aliphatic carbocycles. The molecule has 2 rings (SSSR count). The summed E-state index contributed by atoms with van der Waals surface area (Å²) in [6.07, 6.45) is 1.98. The van der Waals surface area contributed by atoms with Gasteiger partial charge in [-0.25, -0.2) is 0 Å². The molecule has 0 radical (unpaired) electrons. The summed E-state index contributed by atoms with van der Waals surface area (Å²) < 4.78 is 5.67. The van der Waals surface area contributed by atoms with Gasteiger partial charge < -0.3 is 15.4 Å². The number of hydrogen-bond acceptors (Lipinski definition) is 3. The van der Waals surface area contributed by atoms with Gasteiger partial charge in [-0.1, -0.05) is 12.1 Å². The third-order valence-corrected chi connectivity index (χ3v) is 4.23. The average molecular weight is 318 g/mol. The highest BCUT2D eigenvalue weighted by Gasteiger charge is 2.31. The second kappa shape index (κ2) is 7.49. The Morgan fingerprint density at radius 3 is 2.74 bits per heavy atom. The molecule has 0 saturated carbocycles. The molecule has 1 aliphatic rings. The Bertz CT molecular complexity index is 571. The molecule has 0 spiro atoms. The Kier molecular flexibility index (Phi) is 5.64. The van der Waals surface area contributed by atoms with Crippen LogP contribution in [0.25, 0.3) is 0 Å². The summed E-state index contributed by atoms with van der Waals surface area (Å²) in [5.74, 6) is 0.255. The standard InChI is InChI=1S/C18H26N2O3/c1-12(2)23-16-6-4-5-14(9-16)10-17(21)20-11-15(18(19)22)8-7-13(20)3/h4-6,9,12-13,15H,7-8,10-11H2,1-3H3,(H2,19,22)/t13-,15-/m0/s1.